The van der Waals surface area contributed by atoms with Crippen LogP contribution in [0.1, 0.15) is 11.1 Å². The maximum atomic E-state index is 13.5. The lowest BCUT2D eigenvalue weighted by Gasteiger charge is -2.14. The Labute approximate surface area is 198 Å². The third-order valence-corrected chi connectivity index (χ3v) is 5.27. The lowest BCUT2D eigenvalue weighted by Crippen LogP contribution is -2.01. The molecule has 2 N–H and O–H groups in total. The van der Waals surface area contributed by atoms with Gasteiger partial charge in [0.2, 0.25) is 0 Å². The van der Waals surface area contributed by atoms with Crippen molar-refractivity contribution in [1.82, 2.24) is 4.98 Å². The van der Waals surface area contributed by atoms with Crippen LogP contribution in [0.25, 0.3) is 10.9 Å². The highest BCUT2D eigenvalue weighted by Gasteiger charge is 2.14. The van der Waals surface area contributed by atoms with Gasteiger partial charge in [-0.2, -0.15) is 5.26 Å². The van der Waals surface area contributed by atoms with E-state index in [2.05, 4.69) is 33.5 Å². The van der Waals surface area contributed by atoms with Gasteiger partial charge in [-0.3, -0.25) is 4.98 Å². The maximum Gasteiger partial charge on any atom is 0.141 e. The minimum Gasteiger partial charge on any atom is -0.374 e. The van der Waals surface area contributed by atoms with Gasteiger partial charge in [-0.15, -0.1) is 0 Å². The second-order valence-electron chi connectivity index (χ2n) is 6.93. The summed E-state index contributed by atoms with van der Waals surface area (Å²) >= 11 is 12.3. The fraction of sp³-hybridized carbons (Fsp3) is 0.0400. The van der Waals surface area contributed by atoms with Gasteiger partial charge in [-0.25, -0.2) is 8.78 Å². The number of anilines is 3. The number of nitrogens with zero attached hydrogens (tertiary/aromatic N) is 2. The molecular formula is C25H14Cl2F2N4. The zero-order chi connectivity index (χ0) is 23.4. The molecule has 0 saturated heterocycles. The summed E-state index contributed by atoms with van der Waals surface area (Å²) < 4.78 is 26.5. The minimum atomic E-state index is -0.543. The van der Waals surface area contributed by atoms with Crippen molar-refractivity contribution in [3.8, 4) is 17.9 Å². The highest BCUT2D eigenvalue weighted by atomic mass is 35.5. The first-order chi connectivity index (χ1) is 15.9. The van der Waals surface area contributed by atoms with Gasteiger partial charge >= 0.3 is 0 Å². The predicted molar refractivity (Wildman–Crippen MR) is 128 cm³/mol. The van der Waals surface area contributed by atoms with Crippen molar-refractivity contribution in [1.29, 1.82) is 5.26 Å². The predicted octanol–water partition coefficient (Wildman–Crippen LogP) is 6.90. The number of pyridine rings is 1. The lowest BCUT2D eigenvalue weighted by atomic mass is 10.1. The van der Waals surface area contributed by atoms with Gasteiger partial charge in [0.15, 0.2) is 0 Å². The smallest absolute Gasteiger partial charge is 0.141 e. The standard InChI is InChI=1S/C25H14Cl2F2N4/c26-21-11-18(7-8-23(21)29)33-24-16(13-30)14-32-25-20(24)10-19(12-22(25)27)31-9-1-2-15-3-5-17(28)6-4-15/h3-8,10-12,14,31H,9H2,(H,32,33). The number of aromatic nitrogens is 1. The van der Waals surface area contributed by atoms with E-state index in [1.165, 1.54) is 36.5 Å². The Morgan fingerprint density at radius 1 is 0.939 bits per heavy atom. The number of hydrogen-bond donors (Lipinski definition) is 2. The lowest BCUT2D eigenvalue weighted by molar-refractivity contribution is 0.627. The number of benzene rings is 3. The van der Waals surface area contributed by atoms with Gasteiger partial charge in [-0.1, -0.05) is 35.0 Å². The maximum absolute atomic E-state index is 13.5. The van der Waals surface area contributed by atoms with E-state index in [4.69, 9.17) is 23.2 Å². The SMILES string of the molecule is N#Cc1cnc2c(Cl)cc(NCC#Cc3ccc(F)cc3)cc2c1Nc1ccc(F)c(Cl)c1. The summed E-state index contributed by atoms with van der Waals surface area (Å²) in [4.78, 5) is 4.30. The van der Waals surface area contributed by atoms with Crippen molar-refractivity contribution in [3.05, 3.63) is 93.6 Å². The topological polar surface area (TPSA) is 60.7 Å². The molecule has 0 unspecified atom stereocenters. The van der Waals surface area contributed by atoms with Gasteiger partial charge in [0, 0.05) is 28.5 Å². The molecule has 162 valence electrons. The van der Waals surface area contributed by atoms with E-state index >= 15 is 0 Å². The number of halogens is 4. The van der Waals surface area contributed by atoms with Crippen LogP contribution < -0.4 is 10.6 Å². The molecule has 0 aliphatic carbocycles. The van der Waals surface area contributed by atoms with Crippen LogP contribution in [0.4, 0.5) is 25.8 Å². The molecule has 33 heavy (non-hydrogen) atoms. The van der Waals surface area contributed by atoms with Crippen molar-refractivity contribution in [3.63, 3.8) is 0 Å². The van der Waals surface area contributed by atoms with Crippen LogP contribution in [-0.2, 0) is 0 Å². The Morgan fingerprint density at radius 2 is 1.70 bits per heavy atom. The number of fused-ring (bicyclic) bond motifs is 1. The van der Waals surface area contributed by atoms with Crippen molar-refractivity contribution in [2.24, 2.45) is 0 Å². The Kier molecular flexibility index (Phi) is 6.60. The van der Waals surface area contributed by atoms with Crippen LogP contribution in [0.2, 0.25) is 10.0 Å². The molecule has 1 heterocycles. The first-order valence-corrected chi connectivity index (χ1v) is 10.4. The van der Waals surface area contributed by atoms with Crippen molar-refractivity contribution < 1.29 is 8.78 Å². The monoisotopic (exact) mass is 478 g/mol. The number of rotatable bonds is 4. The third kappa shape index (κ3) is 5.15. The first-order valence-electron chi connectivity index (χ1n) is 9.67. The largest absolute Gasteiger partial charge is 0.374 e. The molecule has 0 bridgehead atoms. The second-order valence-corrected chi connectivity index (χ2v) is 7.74. The normalized spacial score (nSPS) is 10.3. The molecule has 4 aromatic rings. The Bertz CT molecular complexity index is 1450. The van der Waals surface area contributed by atoms with Gasteiger partial charge in [0.25, 0.3) is 0 Å². The van der Waals surface area contributed by atoms with Crippen molar-refractivity contribution in [2.75, 3.05) is 17.2 Å². The summed E-state index contributed by atoms with van der Waals surface area (Å²) in [7, 11) is 0. The van der Waals surface area contributed by atoms with E-state index in [0.29, 0.717) is 45.1 Å². The molecule has 3 aromatic carbocycles. The van der Waals surface area contributed by atoms with Gasteiger partial charge in [-0.05, 0) is 54.6 Å². The molecule has 0 fully saturated rings. The molecule has 4 nitrogen and oxygen atoms in total. The number of hydrogen-bond acceptors (Lipinski definition) is 4. The molecule has 0 saturated carbocycles. The van der Waals surface area contributed by atoms with Crippen LogP contribution in [-0.4, -0.2) is 11.5 Å². The summed E-state index contributed by atoms with van der Waals surface area (Å²) in [5.41, 5.74) is 3.11. The van der Waals surface area contributed by atoms with E-state index in [9.17, 15) is 14.0 Å². The fourth-order valence-electron chi connectivity index (χ4n) is 3.13. The highest BCUT2D eigenvalue weighted by Crippen LogP contribution is 2.35. The number of nitriles is 1. The van der Waals surface area contributed by atoms with Crippen LogP contribution in [0, 0.1) is 34.8 Å². The van der Waals surface area contributed by atoms with E-state index in [-0.39, 0.29) is 16.4 Å². The van der Waals surface area contributed by atoms with Crippen LogP contribution >= 0.6 is 23.2 Å². The molecule has 0 spiro atoms. The van der Waals surface area contributed by atoms with Gasteiger partial charge < -0.3 is 10.6 Å². The summed E-state index contributed by atoms with van der Waals surface area (Å²) in [5, 5.41) is 16.8. The molecule has 0 aliphatic heterocycles. The Balaban J connectivity index is 1.65. The molecule has 0 aliphatic rings. The van der Waals surface area contributed by atoms with Crippen LogP contribution in [0.15, 0.2) is 60.8 Å². The molecular weight excluding hydrogens is 465 g/mol. The molecule has 8 heteroatoms. The van der Waals surface area contributed by atoms with Gasteiger partial charge in [0.1, 0.15) is 17.7 Å². The number of nitrogens with one attached hydrogen (secondary N) is 2. The molecule has 4 rings (SSSR count). The summed E-state index contributed by atoms with van der Waals surface area (Å²) in [6.07, 6.45) is 1.42. The molecule has 0 amide bonds. The van der Waals surface area contributed by atoms with Crippen molar-refractivity contribution in [2.45, 2.75) is 0 Å². The van der Waals surface area contributed by atoms with Gasteiger partial charge in [0.05, 0.1) is 33.4 Å². The summed E-state index contributed by atoms with van der Waals surface area (Å²) in [5.74, 6) is 5.05. The highest BCUT2D eigenvalue weighted by molar-refractivity contribution is 6.36. The molecule has 0 atom stereocenters. The van der Waals surface area contributed by atoms with Crippen LogP contribution in [0.5, 0.6) is 0 Å². The zero-order valence-electron chi connectivity index (χ0n) is 16.9. The van der Waals surface area contributed by atoms with E-state index in [0.717, 1.165) is 0 Å². The fourth-order valence-corrected chi connectivity index (χ4v) is 3.57. The quantitative estimate of drug-likeness (QED) is 0.313. The average molecular weight is 479 g/mol. The van der Waals surface area contributed by atoms with E-state index < -0.39 is 5.82 Å². The summed E-state index contributed by atoms with van der Waals surface area (Å²) in [6.45, 7) is 0.306. The van der Waals surface area contributed by atoms with Crippen molar-refractivity contribution >= 4 is 51.2 Å². The Morgan fingerprint density at radius 3 is 2.42 bits per heavy atom. The van der Waals surface area contributed by atoms with Crippen LogP contribution in [0.3, 0.4) is 0 Å². The molecule has 0 radical (unpaired) electrons. The van der Waals surface area contributed by atoms with E-state index in [1.807, 2.05) is 0 Å². The van der Waals surface area contributed by atoms with E-state index in [1.54, 1.807) is 24.3 Å². The first kappa shape index (κ1) is 22.4. The zero-order valence-corrected chi connectivity index (χ0v) is 18.4. The Hall–Kier alpha value is -3.84. The molecule has 1 aromatic heterocycles. The average Bonchev–Trinajstić information content (AvgIpc) is 2.81. The third-order valence-electron chi connectivity index (χ3n) is 4.69. The minimum absolute atomic E-state index is 0.0445. The second kappa shape index (κ2) is 9.75. The summed E-state index contributed by atoms with van der Waals surface area (Å²) in [6, 6.07) is 15.7.